The Morgan fingerprint density at radius 3 is 2.06 bits per heavy atom. The Morgan fingerprint density at radius 2 is 1.59 bits per heavy atom. The maximum Gasteiger partial charge on any atom is 0.0942 e. The van der Waals surface area contributed by atoms with Crippen LogP contribution in [0.25, 0.3) is 0 Å². The van der Waals surface area contributed by atoms with Crippen LogP contribution in [0.3, 0.4) is 0 Å². The lowest BCUT2D eigenvalue weighted by atomic mass is 10.0. The van der Waals surface area contributed by atoms with Gasteiger partial charge in [0.2, 0.25) is 0 Å². The number of benzene rings is 1. The van der Waals surface area contributed by atoms with Gasteiger partial charge < -0.3 is 0 Å². The number of hydrogen-bond acceptors (Lipinski definition) is 1. The molecule has 1 aromatic carbocycles. The molecule has 0 amide bonds. The summed E-state index contributed by atoms with van der Waals surface area (Å²) < 4.78 is 0. The monoisotopic (exact) mass is 284 g/mol. The molecule has 0 N–H and O–H groups in total. The topological polar surface area (TPSA) is 0 Å². The third-order valence-electron chi connectivity index (χ3n) is 2.77. The van der Waals surface area contributed by atoms with Gasteiger partial charge in [0.25, 0.3) is 0 Å². The molecule has 90 valence electrons. The first kappa shape index (κ1) is 12.9. The lowest BCUT2D eigenvalue weighted by Gasteiger charge is -2.11. The van der Waals surface area contributed by atoms with E-state index in [1.165, 1.54) is 5.56 Å². The van der Waals surface area contributed by atoms with Crippen LogP contribution in [0.5, 0.6) is 0 Å². The van der Waals surface area contributed by atoms with Crippen molar-refractivity contribution < 1.29 is 0 Å². The van der Waals surface area contributed by atoms with Crippen LogP contribution in [0.2, 0.25) is 5.02 Å². The zero-order valence-corrected chi connectivity index (χ0v) is 12.1. The molecule has 0 aliphatic rings. The van der Waals surface area contributed by atoms with Crippen LogP contribution in [0.1, 0.15) is 41.1 Å². The molecule has 1 unspecified atom stereocenters. The highest BCUT2D eigenvalue weighted by molar-refractivity contribution is 7.11. The predicted octanol–water partition coefficient (Wildman–Crippen LogP) is 5.85. The Bertz CT molecular complexity index is 485. The van der Waals surface area contributed by atoms with E-state index in [9.17, 15) is 0 Å². The fourth-order valence-electron chi connectivity index (χ4n) is 1.69. The quantitative estimate of drug-likeness (QED) is 0.620. The van der Waals surface area contributed by atoms with Gasteiger partial charge in [0, 0.05) is 4.88 Å². The zero-order valence-electron chi connectivity index (χ0n) is 9.78. The molecule has 0 fully saturated rings. The van der Waals surface area contributed by atoms with Crippen LogP contribution in [0, 0.1) is 0 Å². The number of alkyl halides is 1. The molecule has 0 nitrogen and oxygen atoms in total. The van der Waals surface area contributed by atoms with Crippen molar-refractivity contribution in [2.45, 2.75) is 25.1 Å². The van der Waals surface area contributed by atoms with Gasteiger partial charge in [-0.15, -0.1) is 22.9 Å². The smallest absolute Gasteiger partial charge is 0.0942 e. The lowest BCUT2D eigenvalue weighted by molar-refractivity contribution is 0.865. The standard InChI is InChI=1S/C14H14Cl2S/c1-9(2)10-3-5-11(6-4-10)13(16)14-12(15)7-8-17-14/h3-9,13H,1-2H3. The molecule has 0 saturated heterocycles. The fraction of sp³-hybridized carbons (Fsp3) is 0.286. The van der Waals surface area contributed by atoms with Gasteiger partial charge in [-0.1, -0.05) is 49.7 Å². The Balaban J connectivity index is 2.26. The SMILES string of the molecule is CC(C)c1ccc(C(Cl)c2sccc2Cl)cc1. The molecule has 0 spiro atoms. The zero-order chi connectivity index (χ0) is 12.4. The van der Waals surface area contributed by atoms with Crippen LogP contribution >= 0.6 is 34.5 Å². The van der Waals surface area contributed by atoms with Gasteiger partial charge in [0.1, 0.15) is 0 Å². The maximum atomic E-state index is 6.44. The predicted molar refractivity (Wildman–Crippen MR) is 77.6 cm³/mol. The van der Waals surface area contributed by atoms with Crippen LogP contribution in [0.4, 0.5) is 0 Å². The summed E-state index contributed by atoms with van der Waals surface area (Å²) in [5.41, 5.74) is 2.43. The number of thiophene rings is 1. The molecular formula is C14H14Cl2S. The van der Waals surface area contributed by atoms with Gasteiger partial charge in [-0.25, -0.2) is 0 Å². The molecule has 1 aromatic heterocycles. The van der Waals surface area contributed by atoms with Gasteiger partial charge in [-0.2, -0.15) is 0 Å². The van der Waals surface area contributed by atoms with E-state index in [1.54, 1.807) is 11.3 Å². The number of hydrogen-bond donors (Lipinski definition) is 0. The molecule has 2 rings (SSSR count). The van der Waals surface area contributed by atoms with E-state index in [2.05, 4.69) is 38.1 Å². The van der Waals surface area contributed by atoms with Gasteiger partial charge in [-0.3, -0.25) is 0 Å². The molecule has 0 aliphatic heterocycles. The highest BCUT2D eigenvalue weighted by Gasteiger charge is 2.15. The molecule has 2 aromatic rings. The normalized spacial score (nSPS) is 13.0. The highest BCUT2D eigenvalue weighted by Crippen LogP contribution is 2.37. The largest absolute Gasteiger partial charge is 0.145 e. The van der Waals surface area contributed by atoms with Crippen LogP contribution in [0.15, 0.2) is 35.7 Å². The summed E-state index contributed by atoms with van der Waals surface area (Å²) in [5, 5.41) is 2.57. The van der Waals surface area contributed by atoms with E-state index in [0.717, 1.165) is 15.5 Å². The number of rotatable bonds is 3. The Labute approximate surface area is 116 Å². The average molecular weight is 285 g/mol. The van der Waals surface area contributed by atoms with E-state index in [-0.39, 0.29) is 5.38 Å². The minimum atomic E-state index is -0.149. The summed E-state index contributed by atoms with van der Waals surface area (Å²) in [7, 11) is 0. The van der Waals surface area contributed by atoms with Crippen molar-refractivity contribution in [3.63, 3.8) is 0 Å². The second-order valence-corrected chi connectivity index (χ2v) is 6.11. The van der Waals surface area contributed by atoms with Gasteiger partial charge >= 0.3 is 0 Å². The summed E-state index contributed by atoms with van der Waals surface area (Å²) in [4.78, 5) is 1.02. The fourth-order valence-corrected chi connectivity index (χ4v) is 3.33. The van der Waals surface area contributed by atoms with Crippen molar-refractivity contribution in [2.75, 3.05) is 0 Å². The first-order valence-electron chi connectivity index (χ1n) is 5.56. The lowest BCUT2D eigenvalue weighted by Crippen LogP contribution is -1.93. The Morgan fingerprint density at radius 1 is 1.00 bits per heavy atom. The molecular weight excluding hydrogens is 271 g/mol. The summed E-state index contributed by atoms with van der Waals surface area (Å²) >= 11 is 14.1. The van der Waals surface area contributed by atoms with Crippen LogP contribution in [-0.4, -0.2) is 0 Å². The molecule has 0 saturated carbocycles. The summed E-state index contributed by atoms with van der Waals surface area (Å²) in [6.45, 7) is 4.37. The molecule has 1 heterocycles. The van der Waals surface area contributed by atoms with Crippen molar-refractivity contribution in [2.24, 2.45) is 0 Å². The molecule has 0 bridgehead atoms. The summed E-state index contributed by atoms with van der Waals surface area (Å²) in [6.07, 6.45) is 0. The first-order valence-corrected chi connectivity index (χ1v) is 7.26. The minimum absolute atomic E-state index is 0.149. The second-order valence-electron chi connectivity index (χ2n) is 4.32. The summed E-state index contributed by atoms with van der Waals surface area (Å²) in [6, 6.07) is 10.3. The average Bonchev–Trinajstić information content (AvgIpc) is 2.74. The van der Waals surface area contributed by atoms with Crippen molar-refractivity contribution >= 4 is 34.5 Å². The first-order chi connectivity index (χ1) is 8.09. The van der Waals surface area contributed by atoms with Gasteiger partial charge in [0.05, 0.1) is 10.4 Å². The van der Waals surface area contributed by atoms with E-state index in [4.69, 9.17) is 23.2 Å². The summed E-state index contributed by atoms with van der Waals surface area (Å²) in [5.74, 6) is 0.545. The van der Waals surface area contributed by atoms with E-state index in [1.807, 2.05) is 11.4 Å². The minimum Gasteiger partial charge on any atom is -0.145 e. The third-order valence-corrected chi connectivity index (χ3v) is 4.79. The third kappa shape index (κ3) is 2.85. The molecule has 0 radical (unpaired) electrons. The van der Waals surface area contributed by atoms with E-state index >= 15 is 0 Å². The van der Waals surface area contributed by atoms with Crippen LogP contribution < -0.4 is 0 Å². The van der Waals surface area contributed by atoms with E-state index in [0.29, 0.717) is 5.92 Å². The number of halogens is 2. The van der Waals surface area contributed by atoms with Crippen molar-refractivity contribution in [1.82, 2.24) is 0 Å². The second kappa shape index (κ2) is 5.43. The Kier molecular flexibility index (Phi) is 4.13. The molecule has 0 aliphatic carbocycles. The van der Waals surface area contributed by atoms with Gasteiger partial charge in [-0.05, 0) is 28.5 Å². The molecule has 3 heteroatoms. The van der Waals surface area contributed by atoms with Crippen molar-refractivity contribution in [1.29, 1.82) is 0 Å². The van der Waals surface area contributed by atoms with Crippen LogP contribution in [-0.2, 0) is 0 Å². The van der Waals surface area contributed by atoms with E-state index < -0.39 is 0 Å². The molecule has 1 atom stereocenters. The maximum absolute atomic E-state index is 6.44. The van der Waals surface area contributed by atoms with Crippen molar-refractivity contribution in [3.8, 4) is 0 Å². The van der Waals surface area contributed by atoms with Gasteiger partial charge in [0.15, 0.2) is 0 Å². The Hall–Kier alpha value is -0.500. The van der Waals surface area contributed by atoms with Crippen molar-refractivity contribution in [3.05, 3.63) is 56.7 Å². The molecule has 17 heavy (non-hydrogen) atoms. The highest BCUT2D eigenvalue weighted by atomic mass is 35.5.